The van der Waals surface area contributed by atoms with Crippen LogP contribution in [0, 0.1) is 5.82 Å². The fraction of sp³-hybridized carbons (Fsp3) is 0.571. The van der Waals surface area contributed by atoms with Gasteiger partial charge in [0.2, 0.25) is 0 Å². The molecule has 1 aromatic carbocycles. The third-order valence-electron chi connectivity index (χ3n) is 3.62. The molecule has 0 saturated carbocycles. The second-order valence-electron chi connectivity index (χ2n) is 4.96. The van der Waals surface area contributed by atoms with E-state index in [-0.39, 0.29) is 10.8 Å². The second kappa shape index (κ2) is 6.50. The maximum Gasteiger partial charge on any atom is 0.142 e. The van der Waals surface area contributed by atoms with Gasteiger partial charge in [-0.2, -0.15) is 0 Å². The zero-order chi connectivity index (χ0) is 13.0. The number of hydrogen-bond donors (Lipinski definition) is 1. The third-order valence-corrected chi connectivity index (χ3v) is 4.04. The fourth-order valence-electron chi connectivity index (χ4n) is 2.51. The summed E-state index contributed by atoms with van der Waals surface area (Å²) in [7, 11) is 2.09. The van der Waals surface area contributed by atoms with Crippen LogP contribution in [0.3, 0.4) is 0 Å². The molecule has 1 fully saturated rings. The van der Waals surface area contributed by atoms with Gasteiger partial charge in [0.05, 0.1) is 5.02 Å². The van der Waals surface area contributed by atoms with E-state index in [0.29, 0.717) is 12.6 Å². The minimum absolute atomic E-state index is 0.260. The van der Waals surface area contributed by atoms with E-state index < -0.39 is 0 Å². The van der Waals surface area contributed by atoms with Crippen LogP contribution in [-0.4, -0.2) is 31.1 Å². The lowest BCUT2D eigenvalue weighted by Gasteiger charge is -2.27. The zero-order valence-electron chi connectivity index (χ0n) is 10.8. The molecule has 0 amide bonds. The molecule has 2 rings (SSSR count). The first-order valence-corrected chi connectivity index (χ1v) is 6.90. The lowest BCUT2D eigenvalue weighted by atomic mass is 10.1. The number of rotatable bonds is 3. The molecule has 18 heavy (non-hydrogen) atoms. The summed E-state index contributed by atoms with van der Waals surface area (Å²) < 4.78 is 13.4. The topological polar surface area (TPSA) is 15.3 Å². The molecule has 1 aliphatic heterocycles. The molecule has 0 aliphatic carbocycles. The molecule has 1 heterocycles. The normalized spacial score (nSPS) is 21.0. The second-order valence-corrected chi connectivity index (χ2v) is 5.34. The van der Waals surface area contributed by atoms with Crippen LogP contribution in [0.15, 0.2) is 18.2 Å². The van der Waals surface area contributed by atoms with Gasteiger partial charge in [0.25, 0.3) is 0 Å². The van der Waals surface area contributed by atoms with Gasteiger partial charge in [-0.05, 0) is 51.0 Å². The Hall–Kier alpha value is -0.640. The Bertz CT molecular complexity index is 389. The standard InChI is InChI=1S/C14H20ClFN2/c1-18(12-5-3-8-17-9-7-12)10-11-4-2-6-13(16)14(11)15/h2,4,6,12,17H,3,5,7-10H2,1H3. The molecule has 1 unspecified atom stereocenters. The summed E-state index contributed by atoms with van der Waals surface area (Å²) in [5.41, 5.74) is 0.872. The lowest BCUT2D eigenvalue weighted by molar-refractivity contribution is 0.216. The maximum absolute atomic E-state index is 13.4. The Kier molecular flexibility index (Phi) is 4.98. The average Bonchev–Trinajstić information content (AvgIpc) is 2.63. The van der Waals surface area contributed by atoms with Crippen molar-refractivity contribution in [3.05, 3.63) is 34.6 Å². The first kappa shape index (κ1) is 13.8. The molecule has 1 saturated heterocycles. The van der Waals surface area contributed by atoms with E-state index in [4.69, 9.17) is 11.6 Å². The van der Waals surface area contributed by atoms with Crippen molar-refractivity contribution in [1.29, 1.82) is 0 Å². The molecule has 1 atom stereocenters. The Morgan fingerprint density at radius 1 is 1.39 bits per heavy atom. The van der Waals surface area contributed by atoms with Crippen molar-refractivity contribution in [2.24, 2.45) is 0 Å². The lowest BCUT2D eigenvalue weighted by Crippen LogP contribution is -2.32. The number of nitrogens with zero attached hydrogens (tertiary/aromatic N) is 1. The van der Waals surface area contributed by atoms with Gasteiger partial charge in [-0.25, -0.2) is 4.39 Å². The summed E-state index contributed by atoms with van der Waals surface area (Å²) in [5.74, 6) is -0.329. The quantitative estimate of drug-likeness (QED) is 0.908. The van der Waals surface area contributed by atoms with Gasteiger partial charge in [0.1, 0.15) is 5.82 Å². The van der Waals surface area contributed by atoms with Crippen LogP contribution in [-0.2, 0) is 6.54 Å². The Labute approximate surface area is 113 Å². The molecular weight excluding hydrogens is 251 g/mol. The molecule has 1 N–H and O–H groups in total. The van der Waals surface area contributed by atoms with Crippen LogP contribution < -0.4 is 5.32 Å². The monoisotopic (exact) mass is 270 g/mol. The van der Waals surface area contributed by atoms with Crippen molar-refractivity contribution in [1.82, 2.24) is 10.2 Å². The smallest absolute Gasteiger partial charge is 0.142 e. The first-order valence-electron chi connectivity index (χ1n) is 6.52. The number of benzene rings is 1. The van der Waals surface area contributed by atoms with Gasteiger partial charge in [-0.3, -0.25) is 4.90 Å². The molecular formula is C14H20ClFN2. The number of halogens is 2. The number of hydrogen-bond acceptors (Lipinski definition) is 2. The van der Waals surface area contributed by atoms with E-state index in [1.165, 1.54) is 18.9 Å². The highest BCUT2D eigenvalue weighted by atomic mass is 35.5. The predicted octanol–water partition coefficient (Wildman–Crippen LogP) is 3.05. The van der Waals surface area contributed by atoms with Crippen LogP contribution in [0.1, 0.15) is 24.8 Å². The largest absolute Gasteiger partial charge is 0.317 e. The molecule has 2 nitrogen and oxygen atoms in total. The molecule has 0 aromatic heterocycles. The van der Waals surface area contributed by atoms with E-state index >= 15 is 0 Å². The van der Waals surface area contributed by atoms with Gasteiger partial charge in [0.15, 0.2) is 0 Å². The average molecular weight is 271 g/mol. The van der Waals surface area contributed by atoms with Crippen molar-refractivity contribution in [2.45, 2.75) is 31.8 Å². The molecule has 0 spiro atoms. The Balaban J connectivity index is 2.01. The third kappa shape index (κ3) is 3.44. The van der Waals surface area contributed by atoms with E-state index in [9.17, 15) is 4.39 Å². The van der Waals surface area contributed by atoms with E-state index in [1.807, 2.05) is 6.07 Å². The summed E-state index contributed by atoms with van der Waals surface area (Å²) >= 11 is 5.99. The highest BCUT2D eigenvalue weighted by Crippen LogP contribution is 2.22. The summed E-state index contributed by atoms with van der Waals surface area (Å²) in [4.78, 5) is 2.29. The molecule has 1 aromatic rings. The minimum atomic E-state index is -0.329. The molecule has 0 radical (unpaired) electrons. The van der Waals surface area contributed by atoms with Crippen molar-refractivity contribution in [3.8, 4) is 0 Å². The number of nitrogens with one attached hydrogen (secondary N) is 1. The van der Waals surface area contributed by atoms with Crippen molar-refractivity contribution >= 4 is 11.6 Å². The van der Waals surface area contributed by atoms with Crippen LogP contribution in [0.25, 0.3) is 0 Å². The van der Waals surface area contributed by atoms with Gasteiger partial charge in [-0.1, -0.05) is 23.7 Å². The highest BCUT2D eigenvalue weighted by Gasteiger charge is 2.18. The Morgan fingerprint density at radius 3 is 3.06 bits per heavy atom. The van der Waals surface area contributed by atoms with Gasteiger partial charge in [0, 0.05) is 12.6 Å². The molecule has 4 heteroatoms. The molecule has 1 aliphatic rings. The van der Waals surface area contributed by atoms with Gasteiger partial charge in [-0.15, -0.1) is 0 Å². The molecule has 100 valence electrons. The maximum atomic E-state index is 13.4. The zero-order valence-corrected chi connectivity index (χ0v) is 11.5. The SMILES string of the molecule is CN(Cc1cccc(F)c1Cl)C1CCCNCC1. The van der Waals surface area contributed by atoms with Gasteiger partial charge < -0.3 is 5.32 Å². The van der Waals surface area contributed by atoms with Gasteiger partial charge >= 0.3 is 0 Å². The summed E-state index contributed by atoms with van der Waals surface area (Å²) in [5, 5.41) is 3.66. The van der Waals surface area contributed by atoms with Crippen molar-refractivity contribution < 1.29 is 4.39 Å². The highest BCUT2D eigenvalue weighted by molar-refractivity contribution is 6.31. The van der Waals surface area contributed by atoms with Crippen molar-refractivity contribution in [2.75, 3.05) is 20.1 Å². The summed E-state index contributed by atoms with van der Waals surface area (Å²) in [6.07, 6.45) is 3.53. The predicted molar refractivity (Wildman–Crippen MR) is 73.4 cm³/mol. The Morgan fingerprint density at radius 2 is 2.22 bits per heavy atom. The van der Waals surface area contributed by atoms with E-state index in [2.05, 4.69) is 17.3 Å². The molecule has 0 bridgehead atoms. The van der Waals surface area contributed by atoms with Crippen LogP contribution in [0.5, 0.6) is 0 Å². The van der Waals surface area contributed by atoms with E-state index in [1.54, 1.807) is 6.07 Å². The van der Waals surface area contributed by atoms with Crippen LogP contribution >= 0.6 is 11.6 Å². The van der Waals surface area contributed by atoms with Crippen molar-refractivity contribution in [3.63, 3.8) is 0 Å². The summed E-state index contributed by atoms with van der Waals surface area (Å²) in [6, 6.07) is 5.58. The van der Waals surface area contributed by atoms with Crippen LogP contribution in [0.2, 0.25) is 5.02 Å². The first-order chi connectivity index (χ1) is 8.68. The fourth-order valence-corrected chi connectivity index (χ4v) is 2.70. The van der Waals surface area contributed by atoms with Crippen LogP contribution in [0.4, 0.5) is 4.39 Å². The minimum Gasteiger partial charge on any atom is -0.317 e. The summed E-state index contributed by atoms with van der Waals surface area (Å²) in [6.45, 7) is 2.87. The van der Waals surface area contributed by atoms with E-state index in [0.717, 1.165) is 25.1 Å².